The minimum absolute atomic E-state index is 0.00162. The number of rotatable bonds is 3. The van der Waals surface area contributed by atoms with E-state index in [9.17, 15) is 9.18 Å². The summed E-state index contributed by atoms with van der Waals surface area (Å²) in [6.07, 6.45) is 0.820. The lowest BCUT2D eigenvalue weighted by atomic mass is 10.1. The Morgan fingerprint density at radius 2 is 2.35 bits per heavy atom. The van der Waals surface area contributed by atoms with Crippen LogP contribution in [0.25, 0.3) is 0 Å². The second-order valence-corrected chi connectivity index (χ2v) is 4.03. The van der Waals surface area contributed by atoms with E-state index in [1.54, 1.807) is 12.0 Å². The summed E-state index contributed by atoms with van der Waals surface area (Å²) in [5, 5.41) is 9.05. The first-order chi connectivity index (χ1) is 8.13. The van der Waals surface area contributed by atoms with Crippen LogP contribution in [0, 0.1) is 5.82 Å². The lowest BCUT2D eigenvalue weighted by Crippen LogP contribution is -2.25. The highest BCUT2D eigenvalue weighted by Gasteiger charge is 2.27. The van der Waals surface area contributed by atoms with Crippen molar-refractivity contribution in [2.24, 2.45) is 0 Å². The Bertz CT molecular complexity index is 436. The molecule has 2 rings (SSSR count). The van der Waals surface area contributed by atoms with Gasteiger partial charge in [-0.1, -0.05) is 6.07 Å². The molecule has 0 spiro atoms. The molecule has 0 aromatic heterocycles. The zero-order valence-corrected chi connectivity index (χ0v) is 9.52. The maximum absolute atomic E-state index is 13.7. The number of hydrogen-bond donors (Lipinski definition) is 1. The maximum Gasteiger partial charge on any atom is 0.337 e. The number of anilines is 1. The zero-order chi connectivity index (χ0) is 12.4. The molecule has 5 heteroatoms. The summed E-state index contributed by atoms with van der Waals surface area (Å²) in [4.78, 5) is 12.8. The number of hydrogen-bond acceptors (Lipinski definition) is 3. The first-order valence-corrected chi connectivity index (χ1v) is 5.43. The van der Waals surface area contributed by atoms with Crippen LogP contribution in [0.15, 0.2) is 18.2 Å². The molecule has 1 aromatic carbocycles. The van der Waals surface area contributed by atoms with Gasteiger partial charge in [0.2, 0.25) is 0 Å². The van der Waals surface area contributed by atoms with E-state index in [2.05, 4.69) is 0 Å². The molecule has 1 saturated heterocycles. The minimum atomic E-state index is -1.11. The van der Waals surface area contributed by atoms with Gasteiger partial charge in [0.05, 0.1) is 17.4 Å². The lowest BCUT2D eigenvalue weighted by molar-refractivity contribution is 0.0697. The summed E-state index contributed by atoms with van der Waals surface area (Å²) in [5.41, 5.74) is 0.168. The van der Waals surface area contributed by atoms with Crippen molar-refractivity contribution in [1.29, 1.82) is 0 Å². The molecule has 4 nitrogen and oxygen atoms in total. The molecule has 92 valence electrons. The Labute approximate surface area is 98.6 Å². The van der Waals surface area contributed by atoms with Crippen LogP contribution < -0.4 is 4.90 Å². The van der Waals surface area contributed by atoms with E-state index >= 15 is 0 Å². The molecule has 1 atom stereocenters. The van der Waals surface area contributed by atoms with Crippen molar-refractivity contribution in [2.45, 2.75) is 12.5 Å². The Morgan fingerprint density at radius 3 is 2.94 bits per heavy atom. The average molecular weight is 239 g/mol. The summed E-state index contributed by atoms with van der Waals surface area (Å²) in [6.45, 7) is 1.14. The van der Waals surface area contributed by atoms with E-state index in [-0.39, 0.29) is 17.4 Å². The van der Waals surface area contributed by atoms with Crippen molar-refractivity contribution in [3.05, 3.63) is 29.6 Å². The van der Waals surface area contributed by atoms with Gasteiger partial charge < -0.3 is 14.7 Å². The Kier molecular flexibility index (Phi) is 3.28. The van der Waals surface area contributed by atoms with Crippen molar-refractivity contribution in [3.8, 4) is 0 Å². The van der Waals surface area contributed by atoms with Crippen LogP contribution in [-0.2, 0) is 4.74 Å². The fraction of sp³-hybridized carbons (Fsp3) is 0.417. The molecule has 0 bridgehead atoms. The number of halogens is 1. The molecule has 1 aliphatic rings. The molecular weight excluding hydrogens is 225 g/mol. The van der Waals surface area contributed by atoms with Gasteiger partial charge in [-0.25, -0.2) is 9.18 Å². The molecule has 0 aliphatic carbocycles. The van der Waals surface area contributed by atoms with Crippen molar-refractivity contribution in [1.82, 2.24) is 0 Å². The van der Waals surface area contributed by atoms with Crippen LogP contribution in [0.1, 0.15) is 16.8 Å². The average Bonchev–Trinajstić information content (AvgIpc) is 2.76. The lowest BCUT2D eigenvalue weighted by Gasteiger charge is -2.21. The van der Waals surface area contributed by atoms with Crippen LogP contribution in [0.3, 0.4) is 0 Å². The van der Waals surface area contributed by atoms with Crippen LogP contribution in [-0.4, -0.2) is 37.4 Å². The number of benzene rings is 1. The van der Waals surface area contributed by atoms with Gasteiger partial charge in [-0.3, -0.25) is 0 Å². The summed E-state index contributed by atoms with van der Waals surface area (Å²) in [5.74, 6) is -1.61. The van der Waals surface area contributed by atoms with E-state index in [0.29, 0.717) is 13.1 Å². The summed E-state index contributed by atoms with van der Waals surface area (Å²) in [7, 11) is 1.60. The monoisotopic (exact) mass is 239 g/mol. The Balaban J connectivity index is 2.34. The highest BCUT2D eigenvalue weighted by molar-refractivity contribution is 5.94. The fourth-order valence-corrected chi connectivity index (χ4v) is 2.13. The predicted molar refractivity (Wildman–Crippen MR) is 61.0 cm³/mol. The number of carbonyl (C=O) groups is 1. The first-order valence-electron chi connectivity index (χ1n) is 5.43. The minimum Gasteiger partial charge on any atom is -0.478 e. The smallest absolute Gasteiger partial charge is 0.337 e. The number of nitrogens with zero attached hydrogens (tertiary/aromatic N) is 1. The van der Waals surface area contributed by atoms with Gasteiger partial charge in [0, 0.05) is 20.2 Å². The Morgan fingerprint density at radius 1 is 1.59 bits per heavy atom. The maximum atomic E-state index is 13.7. The molecule has 17 heavy (non-hydrogen) atoms. The second kappa shape index (κ2) is 4.71. The number of methoxy groups -OCH3 is 1. The van der Waals surface area contributed by atoms with Crippen LogP contribution in [0.2, 0.25) is 0 Å². The number of aromatic carboxylic acids is 1. The Hall–Kier alpha value is -1.62. The molecule has 0 amide bonds. The molecule has 0 radical (unpaired) electrons. The highest BCUT2D eigenvalue weighted by atomic mass is 19.1. The fourth-order valence-electron chi connectivity index (χ4n) is 2.13. The molecule has 1 aromatic rings. The number of ether oxygens (including phenoxy) is 1. The van der Waals surface area contributed by atoms with E-state index in [4.69, 9.17) is 9.84 Å². The third-order valence-corrected chi connectivity index (χ3v) is 3.01. The van der Waals surface area contributed by atoms with Crippen molar-refractivity contribution in [2.75, 3.05) is 25.1 Å². The number of carboxylic acid groups (broad SMARTS) is 1. The standard InChI is InChI=1S/C12H14FNO3/c1-17-8-5-6-14(7-8)11-9(12(15)16)3-2-4-10(11)13/h2-4,8H,5-7H2,1H3,(H,15,16). The first kappa shape index (κ1) is 11.9. The summed E-state index contributed by atoms with van der Waals surface area (Å²) < 4.78 is 18.9. The molecule has 1 N–H and O–H groups in total. The van der Waals surface area contributed by atoms with Gasteiger partial charge in [0.1, 0.15) is 5.82 Å². The quantitative estimate of drug-likeness (QED) is 0.873. The normalized spacial score (nSPS) is 19.6. The number of para-hydroxylation sites is 1. The van der Waals surface area contributed by atoms with Gasteiger partial charge in [0.15, 0.2) is 0 Å². The van der Waals surface area contributed by atoms with Gasteiger partial charge in [0.25, 0.3) is 0 Å². The van der Waals surface area contributed by atoms with Crippen molar-refractivity contribution in [3.63, 3.8) is 0 Å². The number of carboxylic acids is 1. The van der Waals surface area contributed by atoms with E-state index in [1.165, 1.54) is 18.2 Å². The molecule has 0 saturated carbocycles. The topological polar surface area (TPSA) is 49.8 Å². The van der Waals surface area contributed by atoms with E-state index < -0.39 is 11.8 Å². The highest BCUT2D eigenvalue weighted by Crippen LogP contribution is 2.28. The van der Waals surface area contributed by atoms with E-state index in [0.717, 1.165) is 6.42 Å². The second-order valence-electron chi connectivity index (χ2n) is 4.03. The molecule has 1 unspecified atom stereocenters. The molecule has 1 fully saturated rings. The molecule has 1 aliphatic heterocycles. The van der Waals surface area contributed by atoms with Crippen LogP contribution in [0.5, 0.6) is 0 Å². The third-order valence-electron chi connectivity index (χ3n) is 3.01. The van der Waals surface area contributed by atoms with Crippen LogP contribution in [0.4, 0.5) is 10.1 Å². The zero-order valence-electron chi connectivity index (χ0n) is 9.52. The molecular formula is C12H14FNO3. The summed E-state index contributed by atoms with van der Waals surface area (Å²) >= 11 is 0. The molecule has 1 heterocycles. The van der Waals surface area contributed by atoms with Gasteiger partial charge >= 0.3 is 5.97 Å². The SMILES string of the molecule is COC1CCN(c2c(F)cccc2C(=O)O)C1. The summed E-state index contributed by atoms with van der Waals surface area (Å²) in [6, 6.07) is 4.11. The van der Waals surface area contributed by atoms with E-state index in [1.807, 2.05) is 0 Å². The van der Waals surface area contributed by atoms with Gasteiger partial charge in [-0.05, 0) is 18.6 Å². The third kappa shape index (κ3) is 2.24. The van der Waals surface area contributed by atoms with Crippen molar-refractivity contribution < 1.29 is 19.0 Å². The van der Waals surface area contributed by atoms with Crippen LogP contribution >= 0.6 is 0 Å². The van der Waals surface area contributed by atoms with Gasteiger partial charge in [-0.2, -0.15) is 0 Å². The predicted octanol–water partition coefficient (Wildman–Crippen LogP) is 1.75. The van der Waals surface area contributed by atoms with Gasteiger partial charge in [-0.15, -0.1) is 0 Å². The van der Waals surface area contributed by atoms with Crippen molar-refractivity contribution >= 4 is 11.7 Å². The largest absolute Gasteiger partial charge is 0.478 e.